The van der Waals surface area contributed by atoms with E-state index in [1.165, 1.54) is 5.56 Å². The Morgan fingerprint density at radius 1 is 0.967 bits per heavy atom. The van der Waals surface area contributed by atoms with Crippen molar-refractivity contribution in [2.24, 2.45) is 9.98 Å². The van der Waals surface area contributed by atoms with Gasteiger partial charge in [0.25, 0.3) is 0 Å². The molecule has 0 N–H and O–H groups in total. The number of carbonyl (C=O) groups is 1. The average Bonchev–Trinajstić information content (AvgIpc) is 2.72. The zero-order valence-corrected chi connectivity index (χ0v) is 18.6. The lowest BCUT2D eigenvalue weighted by atomic mass is 10.1. The smallest absolute Gasteiger partial charge is 0.305 e. The Morgan fingerprint density at radius 3 is 2.27 bits per heavy atom. The predicted octanol–water partition coefficient (Wildman–Crippen LogP) is 6.42. The molecule has 0 heterocycles. The summed E-state index contributed by atoms with van der Waals surface area (Å²) in [4.78, 5) is 20.3. The number of carbonyl (C=O) groups excluding carboxylic acids is 1. The molecule has 0 radical (unpaired) electrons. The highest BCUT2D eigenvalue weighted by Gasteiger charge is 2.03. The Labute approximate surface area is 183 Å². The molecule has 0 aromatic heterocycles. The first-order chi connectivity index (χ1) is 14.5. The molecule has 0 saturated heterocycles. The molecular formula is C24H29ClN2O3. The topological polar surface area (TPSA) is 60.2 Å². The fraction of sp³-hybridized carbons (Fsp3) is 0.375. The lowest BCUT2D eigenvalue weighted by Crippen LogP contribution is -2.06. The van der Waals surface area contributed by atoms with Crippen molar-refractivity contribution in [2.45, 2.75) is 46.5 Å². The summed E-state index contributed by atoms with van der Waals surface area (Å²) in [6.45, 7) is 6.49. The number of ether oxygens (including phenoxy) is 2. The minimum absolute atomic E-state index is 0.180. The van der Waals surface area contributed by atoms with Crippen LogP contribution in [0.25, 0.3) is 0 Å². The number of nitrogens with zero attached hydrogens (tertiary/aromatic N) is 2. The van der Waals surface area contributed by atoms with E-state index in [0.29, 0.717) is 31.2 Å². The van der Waals surface area contributed by atoms with Gasteiger partial charge in [-0.2, -0.15) is 0 Å². The second-order valence-electron chi connectivity index (χ2n) is 6.85. The van der Waals surface area contributed by atoms with Gasteiger partial charge in [0.05, 0.1) is 24.6 Å². The van der Waals surface area contributed by atoms with Crippen LogP contribution < -0.4 is 4.74 Å². The first-order valence-electron chi connectivity index (χ1n) is 10.2. The van der Waals surface area contributed by atoms with E-state index in [1.54, 1.807) is 13.8 Å². The highest BCUT2D eigenvalue weighted by atomic mass is 35.5. The van der Waals surface area contributed by atoms with E-state index < -0.39 is 0 Å². The maximum absolute atomic E-state index is 11.3. The number of halogens is 1. The maximum Gasteiger partial charge on any atom is 0.305 e. The normalized spacial score (nSPS) is 12.0. The summed E-state index contributed by atoms with van der Waals surface area (Å²) < 4.78 is 10.6. The molecule has 0 aliphatic carbocycles. The number of hydrogen-bond acceptors (Lipinski definition) is 5. The number of para-hydroxylation sites is 2. The summed E-state index contributed by atoms with van der Waals surface area (Å²) in [6.07, 6.45) is 2.75. The van der Waals surface area contributed by atoms with Gasteiger partial charge in [-0.15, -0.1) is 0 Å². The lowest BCUT2D eigenvalue weighted by molar-refractivity contribution is -0.143. The molecule has 160 valence electrons. The first-order valence-corrected chi connectivity index (χ1v) is 10.6. The molecule has 0 amide bonds. The van der Waals surface area contributed by atoms with E-state index in [-0.39, 0.29) is 5.97 Å². The molecule has 2 rings (SSSR count). The van der Waals surface area contributed by atoms with Gasteiger partial charge in [0.15, 0.2) is 0 Å². The minimum Gasteiger partial charge on any atom is -0.494 e. The third-order valence-electron chi connectivity index (χ3n) is 4.27. The van der Waals surface area contributed by atoms with E-state index in [4.69, 9.17) is 26.1 Å². The van der Waals surface area contributed by atoms with Crippen molar-refractivity contribution in [3.63, 3.8) is 0 Å². The van der Waals surface area contributed by atoms with Crippen molar-refractivity contribution < 1.29 is 14.3 Å². The van der Waals surface area contributed by atoms with E-state index in [1.807, 2.05) is 43.3 Å². The fourth-order valence-corrected chi connectivity index (χ4v) is 2.89. The van der Waals surface area contributed by atoms with Crippen molar-refractivity contribution in [2.75, 3.05) is 13.2 Å². The van der Waals surface area contributed by atoms with Crippen LogP contribution in [-0.2, 0) is 16.0 Å². The summed E-state index contributed by atoms with van der Waals surface area (Å²) >= 11 is 5.91. The zero-order valence-electron chi connectivity index (χ0n) is 17.9. The number of aryl methyl sites for hydroxylation is 1. The summed E-state index contributed by atoms with van der Waals surface area (Å²) in [6, 6.07) is 15.7. The van der Waals surface area contributed by atoms with Gasteiger partial charge in [0, 0.05) is 12.1 Å². The third kappa shape index (κ3) is 8.78. The van der Waals surface area contributed by atoms with Gasteiger partial charge in [-0.25, -0.2) is 4.99 Å². The van der Waals surface area contributed by atoms with Gasteiger partial charge in [-0.05, 0) is 69.9 Å². The zero-order chi connectivity index (χ0) is 21.8. The lowest BCUT2D eigenvalue weighted by Gasteiger charge is -2.08. The molecule has 0 bridgehead atoms. The van der Waals surface area contributed by atoms with Crippen LogP contribution in [0, 0.1) is 0 Å². The van der Waals surface area contributed by atoms with E-state index in [9.17, 15) is 4.79 Å². The maximum atomic E-state index is 11.3. The highest BCUT2D eigenvalue weighted by molar-refractivity contribution is 6.65. The number of benzene rings is 2. The van der Waals surface area contributed by atoms with Gasteiger partial charge >= 0.3 is 5.97 Å². The third-order valence-corrected chi connectivity index (χ3v) is 4.35. The predicted molar refractivity (Wildman–Crippen MR) is 124 cm³/mol. The molecule has 2 aromatic rings. The molecule has 30 heavy (non-hydrogen) atoms. The van der Waals surface area contributed by atoms with Crippen molar-refractivity contribution in [1.29, 1.82) is 0 Å². The van der Waals surface area contributed by atoms with Gasteiger partial charge in [0.2, 0.25) is 0 Å². The van der Waals surface area contributed by atoms with E-state index in [2.05, 4.69) is 17.1 Å². The molecule has 5 nitrogen and oxygen atoms in total. The van der Waals surface area contributed by atoms with Crippen molar-refractivity contribution in [3.05, 3.63) is 54.1 Å². The Hall–Kier alpha value is -2.66. The summed E-state index contributed by atoms with van der Waals surface area (Å²) in [7, 11) is 0. The monoisotopic (exact) mass is 428 g/mol. The first kappa shape index (κ1) is 23.6. The quantitative estimate of drug-likeness (QED) is 0.235. The van der Waals surface area contributed by atoms with Gasteiger partial charge in [-0.1, -0.05) is 35.9 Å². The van der Waals surface area contributed by atoms with Crippen LogP contribution in [0.5, 0.6) is 5.75 Å². The van der Waals surface area contributed by atoms with Crippen molar-refractivity contribution in [3.8, 4) is 5.75 Å². The molecule has 0 fully saturated rings. The molecular weight excluding hydrogens is 400 g/mol. The second-order valence-corrected chi connectivity index (χ2v) is 7.39. The minimum atomic E-state index is -0.180. The summed E-state index contributed by atoms with van der Waals surface area (Å²) in [5, 5.41) is 0.485. The largest absolute Gasteiger partial charge is 0.494 e. The van der Waals surface area contributed by atoms with E-state index >= 15 is 0 Å². The molecule has 0 aliphatic heterocycles. The fourth-order valence-electron chi connectivity index (χ4n) is 2.80. The van der Waals surface area contributed by atoms with Crippen molar-refractivity contribution >= 4 is 39.8 Å². The molecule has 0 spiro atoms. The van der Waals surface area contributed by atoms with Crippen LogP contribution in [0.3, 0.4) is 0 Å². The highest BCUT2D eigenvalue weighted by Crippen LogP contribution is 2.28. The number of aliphatic imine (C=N–C) groups is 2. The van der Waals surface area contributed by atoms with Crippen LogP contribution in [0.4, 0.5) is 11.4 Å². The van der Waals surface area contributed by atoms with Crippen LogP contribution in [0.1, 0.15) is 45.6 Å². The SMILES string of the molecule is CCOC(=O)CCCOc1ccc(CCC(C)=Nc2ccccc2N=C(C)Cl)cc1. The average molecular weight is 429 g/mol. The number of esters is 1. The summed E-state index contributed by atoms with van der Waals surface area (Å²) in [5.74, 6) is 0.622. The van der Waals surface area contributed by atoms with Gasteiger partial charge in [0.1, 0.15) is 10.9 Å². The summed E-state index contributed by atoms with van der Waals surface area (Å²) in [5.41, 5.74) is 3.84. The Balaban J connectivity index is 1.83. The van der Waals surface area contributed by atoms with Crippen LogP contribution in [0.15, 0.2) is 58.5 Å². The molecule has 6 heteroatoms. The molecule has 2 aromatic carbocycles. The number of hydrogen-bond donors (Lipinski definition) is 0. The molecule has 0 aliphatic rings. The van der Waals surface area contributed by atoms with Gasteiger partial charge in [-0.3, -0.25) is 9.79 Å². The van der Waals surface area contributed by atoms with Crippen LogP contribution in [-0.4, -0.2) is 30.1 Å². The van der Waals surface area contributed by atoms with Crippen LogP contribution in [0.2, 0.25) is 0 Å². The van der Waals surface area contributed by atoms with Gasteiger partial charge < -0.3 is 9.47 Å². The Kier molecular flexibility index (Phi) is 10.1. The molecule has 0 atom stereocenters. The standard InChI is InChI=1S/C24H29ClN2O3/c1-4-29-24(28)10-7-17-30-21-15-13-20(14-16-21)12-11-18(2)26-22-8-5-6-9-23(22)27-19(3)25/h5-6,8-9,13-16H,4,7,10-12,17H2,1-3H3. The molecule has 0 saturated carbocycles. The Bertz CT molecular complexity index is 872. The van der Waals surface area contributed by atoms with Crippen LogP contribution >= 0.6 is 11.6 Å². The van der Waals surface area contributed by atoms with Crippen molar-refractivity contribution in [1.82, 2.24) is 0 Å². The Morgan fingerprint density at radius 2 is 1.63 bits per heavy atom. The van der Waals surface area contributed by atoms with E-state index in [0.717, 1.165) is 35.7 Å². The number of rotatable bonds is 11. The second kappa shape index (κ2) is 12.8. The molecule has 0 unspecified atom stereocenters.